The Balaban J connectivity index is 3.16. The molecule has 8 amide bonds. The molecular formula is C52H88N8O14. The second-order valence-electron chi connectivity index (χ2n) is 19.9. The van der Waals surface area contributed by atoms with Gasteiger partial charge in [0, 0.05) is 19.9 Å². The van der Waals surface area contributed by atoms with E-state index < -0.39 is 115 Å². The summed E-state index contributed by atoms with van der Waals surface area (Å²) in [7, 11) is 1.20. The molecule has 0 radical (unpaired) electrons. The number of carbonyl (C=O) groups excluding carboxylic acids is 8. The van der Waals surface area contributed by atoms with E-state index in [0.29, 0.717) is 12.0 Å². The number of likely N-dealkylation sites (N-methyl/N-ethyl adjacent to an activating group) is 1. The first kappa shape index (κ1) is 66.1. The SMILES string of the molecule is CCCCCCCCCCCCCCCC(=O)N[C@H](C(=O)N[C@@H](CC(C)C)C(=O)N[C@H](C(=O)N[C@@H](Cc1ccc(O)cc1)C(=O)N[C@@H](CO)C(=O)N[C@H](C(=O)N[C@@H](CC(=O)O)C(=O)NC)[C@@H](C)O)[C@@H](C)O)C(C)C. The van der Waals surface area contributed by atoms with Gasteiger partial charge in [0.2, 0.25) is 47.3 Å². The van der Waals surface area contributed by atoms with Crippen LogP contribution in [0.3, 0.4) is 0 Å². The lowest BCUT2D eigenvalue weighted by Gasteiger charge is -2.29. The molecule has 9 atom stereocenters. The fourth-order valence-electron chi connectivity index (χ4n) is 7.99. The maximum atomic E-state index is 14.0. The lowest BCUT2D eigenvalue weighted by molar-refractivity contribution is -0.141. The smallest absolute Gasteiger partial charge is 0.305 e. The van der Waals surface area contributed by atoms with Crippen LogP contribution in [0.2, 0.25) is 0 Å². The number of hydrogen-bond donors (Lipinski definition) is 13. The molecule has 0 bridgehead atoms. The van der Waals surface area contributed by atoms with Crippen molar-refractivity contribution >= 4 is 53.2 Å². The Morgan fingerprint density at radius 2 is 0.919 bits per heavy atom. The van der Waals surface area contributed by atoms with Crippen LogP contribution in [0.5, 0.6) is 5.75 Å². The first-order valence-electron chi connectivity index (χ1n) is 26.3. The van der Waals surface area contributed by atoms with Crippen LogP contribution in [0, 0.1) is 11.8 Å². The maximum absolute atomic E-state index is 14.0. The Kier molecular flexibility index (Phi) is 32.3. The Labute approximate surface area is 436 Å². The largest absolute Gasteiger partial charge is 0.508 e. The van der Waals surface area contributed by atoms with Gasteiger partial charge >= 0.3 is 5.97 Å². The molecule has 1 aromatic carbocycles. The molecule has 22 heteroatoms. The van der Waals surface area contributed by atoms with E-state index in [1.54, 1.807) is 27.7 Å². The van der Waals surface area contributed by atoms with E-state index in [2.05, 4.69) is 49.5 Å². The summed E-state index contributed by atoms with van der Waals surface area (Å²) in [6.45, 7) is 10.6. The number of amides is 8. The van der Waals surface area contributed by atoms with Gasteiger partial charge in [0.25, 0.3) is 0 Å². The second kappa shape index (κ2) is 36.1. The van der Waals surface area contributed by atoms with Crippen molar-refractivity contribution in [1.82, 2.24) is 42.5 Å². The summed E-state index contributed by atoms with van der Waals surface area (Å²) in [5.41, 5.74) is 0.375. The maximum Gasteiger partial charge on any atom is 0.305 e. The Morgan fingerprint density at radius 3 is 1.35 bits per heavy atom. The number of unbranched alkanes of at least 4 members (excludes halogenated alkanes) is 12. The molecule has 22 nitrogen and oxygen atoms in total. The number of benzene rings is 1. The number of phenolic OH excluding ortho intramolecular Hbond substituents is 1. The van der Waals surface area contributed by atoms with Gasteiger partial charge in [0.1, 0.15) is 48.0 Å². The number of nitrogens with one attached hydrogen (secondary N) is 8. The van der Waals surface area contributed by atoms with Gasteiger partial charge in [0.15, 0.2) is 0 Å². The Morgan fingerprint density at radius 1 is 0.500 bits per heavy atom. The van der Waals surface area contributed by atoms with E-state index in [-0.39, 0.29) is 42.8 Å². The number of carboxylic acid groups (broad SMARTS) is 1. The molecule has 0 aromatic heterocycles. The molecular weight excluding hydrogens is 961 g/mol. The molecule has 74 heavy (non-hydrogen) atoms. The zero-order valence-electron chi connectivity index (χ0n) is 44.8. The topological polar surface area (TPSA) is 351 Å². The number of hydrogen-bond acceptors (Lipinski definition) is 13. The van der Waals surface area contributed by atoms with Crippen molar-refractivity contribution in [2.45, 2.75) is 212 Å². The van der Waals surface area contributed by atoms with Crippen LogP contribution in [-0.4, -0.2) is 147 Å². The fraction of sp³-hybridized carbons (Fsp3) is 0.712. The van der Waals surface area contributed by atoms with E-state index in [1.165, 1.54) is 96.0 Å². The summed E-state index contributed by atoms with van der Waals surface area (Å²) >= 11 is 0. The van der Waals surface area contributed by atoms with Crippen molar-refractivity contribution < 1.29 is 68.7 Å². The van der Waals surface area contributed by atoms with Crippen LogP contribution < -0.4 is 42.5 Å². The van der Waals surface area contributed by atoms with Gasteiger partial charge in [-0.2, -0.15) is 0 Å². The highest BCUT2D eigenvalue weighted by molar-refractivity contribution is 5.98. The third-order valence-corrected chi connectivity index (χ3v) is 12.3. The van der Waals surface area contributed by atoms with Gasteiger partial charge in [-0.15, -0.1) is 0 Å². The molecule has 0 saturated carbocycles. The molecule has 0 unspecified atom stereocenters. The van der Waals surface area contributed by atoms with Crippen molar-refractivity contribution in [2.75, 3.05) is 13.7 Å². The van der Waals surface area contributed by atoms with E-state index in [4.69, 9.17) is 0 Å². The molecule has 1 rings (SSSR count). The van der Waals surface area contributed by atoms with Crippen molar-refractivity contribution in [3.63, 3.8) is 0 Å². The van der Waals surface area contributed by atoms with E-state index in [1.807, 2.05) is 0 Å². The van der Waals surface area contributed by atoms with E-state index in [9.17, 15) is 68.7 Å². The molecule has 0 spiro atoms. The normalized spacial score (nSPS) is 14.9. The molecule has 0 aliphatic rings. The summed E-state index contributed by atoms with van der Waals surface area (Å²) in [4.78, 5) is 119. The predicted octanol–water partition coefficient (Wildman–Crippen LogP) is 1.49. The fourth-order valence-corrected chi connectivity index (χ4v) is 7.99. The van der Waals surface area contributed by atoms with Gasteiger partial charge in [-0.3, -0.25) is 43.2 Å². The molecule has 1 aromatic rings. The summed E-state index contributed by atoms with van der Waals surface area (Å²) in [6.07, 6.45) is 11.0. The number of aliphatic carboxylic acids is 1. The van der Waals surface area contributed by atoms with E-state index >= 15 is 0 Å². The summed E-state index contributed by atoms with van der Waals surface area (Å²) in [6, 6.07) is -5.36. The van der Waals surface area contributed by atoms with Crippen molar-refractivity contribution in [3.8, 4) is 5.75 Å². The molecule has 13 N–H and O–H groups in total. The highest BCUT2D eigenvalue weighted by Crippen LogP contribution is 2.16. The molecule has 0 fully saturated rings. The molecule has 0 saturated heterocycles. The van der Waals surface area contributed by atoms with Crippen LogP contribution in [0.15, 0.2) is 24.3 Å². The average molecular weight is 1050 g/mol. The average Bonchev–Trinajstić information content (AvgIpc) is 3.33. The van der Waals surface area contributed by atoms with Gasteiger partial charge in [0.05, 0.1) is 25.2 Å². The van der Waals surface area contributed by atoms with Crippen LogP contribution in [-0.2, 0) is 49.6 Å². The summed E-state index contributed by atoms with van der Waals surface area (Å²) in [5, 5.41) is 69.7. The Bertz CT molecular complexity index is 1910. The minimum atomic E-state index is -1.84. The van der Waals surface area contributed by atoms with E-state index in [0.717, 1.165) is 26.2 Å². The third-order valence-electron chi connectivity index (χ3n) is 12.3. The third kappa shape index (κ3) is 26.4. The number of phenols is 1. The minimum absolute atomic E-state index is 0.0918. The van der Waals surface area contributed by atoms with Crippen LogP contribution >= 0.6 is 0 Å². The standard InChI is InChI=1S/C52H88N8O14/c1-9-10-11-12-13-14-15-16-17-18-19-20-21-22-41(65)58-43(32(4)5)50(72)54-37(27-31(2)3)48(70)59-44(33(6)62)51(73)55-38(28-35-23-25-36(64)26-24-35)47(69)57-40(30-61)49(71)60-45(34(7)63)52(74)56-39(29-42(66)67)46(68)53-8/h23-26,31-34,37-40,43-45,61-64H,9-22,27-30H2,1-8H3,(H,53,68)(H,54,72)(H,55,73)(H,56,74)(H,57,69)(H,58,65)(H,59,70)(H,60,71)(H,66,67)/t33-,34-,37+,38+,39+,40+,43+,44+,45+/m1/s1. The second-order valence-corrected chi connectivity index (χ2v) is 19.9. The zero-order chi connectivity index (χ0) is 55.9. The van der Waals surface area contributed by atoms with Gasteiger partial charge in [-0.05, 0) is 56.2 Å². The quantitative estimate of drug-likeness (QED) is 0.0418. The van der Waals surface area contributed by atoms with Gasteiger partial charge in [-0.1, -0.05) is 124 Å². The van der Waals surface area contributed by atoms with Crippen molar-refractivity contribution in [1.29, 1.82) is 0 Å². The molecule has 0 aliphatic heterocycles. The van der Waals surface area contributed by atoms with Crippen LogP contribution in [0.25, 0.3) is 0 Å². The number of aliphatic hydroxyl groups excluding tert-OH is 3. The van der Waals surface area contributed by atoms with Gasteiger partial charge < -0.3 is 68.1 Å². The highest BCUT2D eigenvalue weighted by atomic mass is 16.4. The number of carboxylic acids is 1. The predicted molar refractivity (Wildman–Crippen MR) is 277 cm³/mol. The molecule has 0 aliphatic carbocycles. The van der Waals surface area contributed by atoms with Crippen LogP contribution in [0.1, 0.15) is 157 Å². The number of aromatic hydroxyl groups is 1. The van der Waals surface area contributed by atoms with Crippen molar-refractivity contribution in [3.05, 3.63) is 29.8 Å². The minimum Gasteiger partial charge on any atom is -0.508 e. The van der Waals surface area contributed by atoms with Crippen molar-refractivity contribution in [2.24, 2.45) is 11.8 Å². The first-order chi connectivity index (χ1) is 34.9. The zero-order valence-corrected chi connectivity index (χ0v) is 44.8. The highest BCUT2D eigenvalue weighted by Gasteiger charge is 2.37. The van der Waals surface area contributed by atoms with Crippen LogP contribution in [0.4, 0.5) is 0 Å². The lowest BCUT2D eigenvalue weighted by atomic mass is 9.99. The van der Waals surface area contributed by atoms with Gasteiger partial charge in [-0.25, -0.2) is 0 Å². The molecule has 420 valence electrons. The lowest BCUT2D eigenvalue weighted by Crippen LogP contribution is -2.63. The monoisotopic (exact) mass is 1050 g/mol. The summed E-state index contributed by atoms with van der Waals surface area (Å²) in [5.74, 6) is -9.31. The number of carbonyl (C=O) groups is 9. The number of rotatable bonds is 38. The molecule has 0 heterocycles. The number of aliphatic hydroxyl groups is 3. The first-order valence-corrected chi connectivity index (χ1v) is 26.3. The summed E-state index contributed by atoms with van der Waals surface area (Å²) < 4.78 is 0. The Hall–Kier alpha value is -5.87.